The lowest BCUT2D eigenvalue weighted by Crippen LogP contribution is -2.19. The molecule has 0 bridgehead atoms. The van der Waals surface area contributed by atoms with Gasteiger partial charge in [-0.1, -0.05) is 25.3 Å². The molecule has 1 aliphatic carbocycles. The lowest BCUT2D eigenvalue weighted by molar-refractivity contribution is 0.340. The van der Waals surface area contributed by atoms with Gasteiger partial charge >= 0.3 is 0 Å². The van der Waals surface area contributed by atoms with E-state index < -0.39 is 0 Å². The van der Waals surface area contributed by atoms with Gasteiger partial charge in [0.1, 0.15) is 5.75 Å². The van der Waals surface area contributed by atoms with Gasteiger partial charge in [-0.2, -0.15) is 9.50 Å². The molecular formula is C22H23N5O2. The van der Waals surface area contributed by atoms with Gasteiger partial charge in [0.2, 0.25) is 0 Å². The van der Waals surface area contributed by atoms with Gasteiger partial charge in [-0.25, -0.2) is 4.98 Å². The number of rotatable bonds is 4. The summed E-state index contributed by atoms with van der Waals surface area (Å²) in [6, 6.07) is 9.41. The van der Waals surface area contributed by atoms with Crippen molar-refractivity contribution in [3.63, 3.8) is 0 Å². The van der Waals surface area contributed by atoms with Gasteiger partial charge in [-0.3, -0.25) is 9.36 Å². The van der Waals surface area contributed by atoms with Crippen molar-refractivity contribution in [3.05, 3.63) is 58.9 Å². The zero-order valence-corrected chi connectivity index (χ0v) is 16.4. The summed E-state index contributed by atoms with van der Waals surface area (Å²) in [5.41, 5.74) is 1.34. The summed E-state index contributed by atoms with van der Waals surface area (Å²) in [5, 5.41) is 5.24. The molecule has 1 aliphatic rings. The summed E-state index contributed by atoms with van der Waals surface area (Å²) in [7, 11) is 0. The Hall–Kier alpha value is -3.22. The van der Waals surface area contributed by atoms with Crippen LogP contribution in [0.3, 0.4) is 0 Å². The fourth-order valence-electron chi connectivity index (χ4n) is 4.16. The normalized spacial score (nSPS) is 15.2. The molecule has 3 aromatic heterocycles. The number of aromatic nitrogens is 5. The predicted molar refractivity (Wildman–Crippen MR) is 111 cm³/mol. The lowest BCUT2D eigenvalue weighted by Gasteiger charge is -2.17. The van der Waals surface area contributed by atoms with Crippen molar-refractivity contribution in [1.29, 1.82) is 0 Å². The quantitative estimate of drug-likeness (QED) is 0.530. The van der Waals surface area contributed by atoms with Gasteiger partial charge < -0.3 is 4.74 Å². The van der Waals surface area contributed by atoms with Crippen LogP contribution in [-0.4, -0.2) is 30.8 Å². The Kier molecular flexibility index (Phi) is 4.50. The molecule has 7 heteroatoms. The van der Waals surface area contributed by atoms with Crippen LogP contribution in [0.15, 0.2) is 47.5 Å². The second-order valence-corrected chi connectivity index (χ2v) is 7.50. The highest BCUT2D eigenvalue weighted by Gasteiger charge is 2.21. The first-order valence-electron chi connectivity index (χ1n) is 10.2. The zero-order valence-electron chi connectivity index (χ0n) is 16.4. The molecule has 0 aliphatic heterocycles. The largest absolute Gasteiger partial charge is 0.494 e. The van der Waals surface area contributed by atoms with Crippen LogP contribution in [0.25, 0.3) is 22.4 Å². The summed E-state index contributed by atoms with van der Waals surface area (Å²) in [5.74, 6) is 2.52. The molecule has 0 amide bonds. The molecule has 0 saturated heterocycles. The fraction of sp³-hybridized carbons (Fsp3) is 0.364. The topological polar surface area (TPSA) is 74.3 Å². The van der Waals surface area contributed by atoms with Crippen LogP contribution >= 0.6 is 0 Å². The average Bonchev–Trinajstić information content (AvgIpc) is 3.20. The maximum Gasteiger partial charge on any atom is 0.266 e. The van der Waals surface area contributed by atoms with E-state index in [0.717, 1.165) is 35.6 Å². The third-order valence-corrected chi connectivity index (χ3v) is 5.63. The molecule has 7 nitrogen and oxygen atoms in total. The fourth-order valence-corrected chi connectivity index (χ4v) is 4.16. The highest BCUT2D eigenvalue weighted by molar-refractivity contribution is 5.79. The zero-order chi connectivity index (χ0) is 19.8. The molecule has 29 heavy (non-hydrogen) atoms. The molecule has 0 N–H and O–H groups in total. The Balaban J connectivity index is 1.61. The highest BCUT2D eigenvalue weighted by atomic mass is 16.5. The number of nitrogens with zero attached hydrogens (tertiary/aromatic N) is 5. The van der Waals surface area contributed by atoms with Crippen molar-refractivity contribution in [2.75, 3.05) is 6.61 Å². The van der Waals surface area contributed by atoms with E-state index in [4.69, 9.17) is 9.84 Å². The molecular weight excluding hydrogens is 366 g/mol. The first-order valence-corrected chi connectivity index (χ1v) is 10.2. The second-order valence-electron chi connectivity index (χ2n) is 7.50. The first kappa shape index (κ1) is 17.8. The number of pyridine rings is 1. The molecule has 4 aromatic rings. The summed E-state index contributed by atoms with van der Waals surface area (Å²) < 4.78 is 8.88. The van der Waals surface area contributed by atoms with E-state index in [9.17, 15) is 4.79 Å². The molecule has 1 aromatic carbocycles. The van der Waals surface area contributed by atoms with Crippen molar-refractivity contribution in [3.8, 4) is 11.4 Å². The maximum atomic E-state index is 13.2. The Morgan fingerprint density at radius 3 is 2.86 bits per heavy atom. The number of hydrogen-bond donors (Lipinski definition) is 0. The minimum atomic E-state index is -0.139. The van der Waals surface area contributed by atoms with E-state index in [-0.39, 0.29) is 5.56 Å². The van der Waals surface area contributed by atoms with Gasteiger partial charge in [-0.05, 0) is 38.0 Å². The van der Waals surface area contributed by atoms with Gasteiger partial charge in [0.25, 0.3) is 11.3 Å². The molecule has 1 fully saturated rings. The monoisotopic (exact) mass is 389 g/mol. The smallest absolute Gasteiger partial charge is 0.266 e. The van der Waals surface area contributed by atoms with Gasteiger partial charge in [-0.15, -0.1) is 5.10 Å². The average molecular weight is 389 g/mol. The highest BCUT2D eigenvalue weighted by Crippen LogP contribution is 2.31. The van der Waals surface area contributed by atoms with E-state index in [1.807, 2.05) is 37.3 Å². The third-order valence-electron chi connectivity index (χ3n) is 5.63. The minimum absolute atomic E-state index is 0.139. The molecule has 0 atom stereocenters. The van der Waals surface area contributed by atoms with Gasteiger partial charge in [0, 0.05) is 24.4 Å². The Morgan fingerprint density at radius 1 is 1.17 bits per heavy atom. The van der Waals surface area contributed by atoms with Crippen LogP contribution in [0.2, 0.25) is 0 Å². The van der Waals surface area contributed by atoms with Crippen LogP contribution in [0.4, 0.5) is 0 Å². The second kappa shape index (κ2) is 7.31. The first-order chi connectivity index (χ1) is 14.2. The van der Waals surface area contributed by atoms with E-state index >= 15 is 0 Å². The van der Waals surface area contributed by atoms with Crippen molar-refractivity contribution in [1.82, 2.24) is 24.1 Å². The summed E-state index contributed by atoms with van der Waals surface area (Å²) in [6.07, 6.45) is 9.36. The van der Waals surface area contributed by atoms with Crippen molar-refractivity contribution in [2.45, 2.75) is 44.9 Å². The van der Waals surface area contributed by atoms with Gasteiger partial charge in [0.05, 0.1) is 23.2 Å². The van der Waals surface area contributed by atoms with E-state index in [1.54, 1.807) is 21.5 Å². The number of hydrogen-bond acceptors (Lipinski definition) is 5. The Labute approximate surface area is 168 Å². The summed E-state index contributed by atoms with van der Waals surface area (Å²) in [4.78, 5) is 22.2. The third kappa shape index (κ3) is 3.16. The molecule has 148 valence electrons. The number of fused-ring (bicyclic) bond motifs is 3. The van der Waals surface area contributed by atoms with E-state index in [0.29, 0.717) is 23.7 Å². The number of benzene rings is 1. The maximum absolute atomic E-state index is 13.2. The minimum Gasteiger partial charge on any atom is -0.494 e. The van der Waals surface area contributed by atoms with Crippen LogP contribution in [0, 0.1) is 0 Å². The van der Waals surface area contributed by atoms with Crippen molar-refractivity contribution >= 4 is 16.7 Å². The SMILES string of the molecule is CCOc1cccc(-n2ccc3c(cnc4nc(C5CCCCC5)nn43)c2=O)c1. The molecule has 3 heterocycles. The van der Waals surface area contributed by atoms with E-state index in [1.165, 1.54) is 19.3 Å². The molecule has 5 rings (SSSR count). The van der Waals surface area contributed by atoms with Crippen LogP contribution in [-0.2, 0) is 0 Å². The predicted octanol–water partition coefficient (Wildman–Crippen LogP) is 3.87. The van der Waals surface area contributed by atoms with Crippen LogP contribution in [0.5, 0.6) is 5.75 Å². The van der Waals surface area contributed by atoms with Crippen LogP contribution < -0.4 is 10.3 Å². The van der Waals surface area contributed by atoms with Crippen molar-refractivity contribution < 1.29 is 4.74 Å². The molecule has 0 radical (unpaired) electrons. The number of ether oxygens (including phenoxy) is 1. The van der Waals surface area contributed by atoms with Gasteiger partial charge in [0.15, 0.2) is 5.82 Å². The Morgan fingerprint density at radius 2 is 2.03 bits per heavy atom. The van der Waals surface area contributed by atoms with E-state index in [2.05, 4.69) is 9.97 Å². The standard InChI is InChI=1S/C22H23N5O2/c1-2-29-17-10-6-9-16(13-17)26-12-11-19-18(21(26)28)14-23-22-24-20(25-27(19)22)15-7-4-3-5-8-15/h6,9-15H,2-5,7-8H2,1H3. The molecule has 0 spiro atoms. The summed E-state index contributed by atoms with van der Waals surface area (Å²) in [6.45, 7) is 2.51. The summed E-state index contributed by atoms with van der Waals surface area (Å²) >= 11 is 0. The van der Waals surface area contributed by atoms with Crippen LogP contribution in [0.1, 0.15) is 50.8 Å². The Bertz CT molecular complexity index is 1240. The lowest BCUT2D eigenvalue weighted by atomic mass is 9.89. The van der Waals surface area contributed by atoms with Crippen molar-refractivity contribution in [2.24, 2.45) is 0 Å². The molecule has 1 saturated carbocycles. The molecule has 0 unspecified atom stereocenters.